The van der Waals surface area contributed by atoms with Gasteiger partial charge in [-0.05, 0) is 41.3 Å². The molecule has 3 N–H and O–H groups in total. The molecule has 3 atom stereocenters. The van der Waals surface area contributed by atoms with E-state index in [0.29, 0.717) is 13.0 Å². The van der Waals surface area contributed by atoms with E-state index in [1.165, 1.54) is 0 Å². The van der Waals surface area contributed by atoms with Crippen LogP contribution in [0.15, 0.2) is 78.9 Å². The van der Waals surface area contributed by atoms with E-state index >= 15 is 0 Å². The predicted octanol–water partition coefficient (Wildman–Crippen LogP) is 3.63. The number of aliphatic carboxylic acids is 1. The number of carboxylic acid groups (broad SMARTS) is 1. The van der Waals surface area contributed by atoms with Crippen LogP contribution in [0.2, 0.25) is 0 Å². The lowest BCUT2D eigenvalue weighted by Gasteiger charge is -2.25. The van der Waals surface area contributed by atoms with E-state index < -0.39 is 30.1 Å². The number of likely N-dealkylation sites (N-methyl/N-ethyl adjacent to an activating group) is 1. The number of amides is 2. The van der Waals surface area contributed by atoms with E-state index in [1.807, 2.05) is 66.5 Å². The second-order valence-corrected chi connectivity index (χ2v) is 10.7. The highest BCUT2D eigenvalue weighted by atomic mass is 16.5. The molecule has 0 radical (unpaired) electrons. The van der Waals surface area contributed by atoms with Crippen molar-refractivity contribution in [1.29, 1.82) is 0 Å². The third-order valence-corrected chi connectivity index (χ3v) is 7.68. The van der Waals surface area contributed by atoms with Gasteiger partial charge in [0.1, 0.15) is 12.6 Å². The molecule has 3 aromatic carbocycles. The Labute approximate surface area is 239 Å². The molecule has 3 aromatic rings. The largest absolute Gasteiger partial charge is 0.481 e. The zero-order valence-electron chi connectivity index (χ0n) is 23.0. The van der Waals surface area contributed by atoms with Crippen LogP contribution in [-0.4, -0.2) is 73.5 Å². The highest BCUT2D eigenvalue weighted by Gasteiger charge is 2.33. The maximum atomic E-state index is 13.2. The van der Waals surface area contributed by atoms with Crippen LogP contribution < -0.4 is 10.6 Å². The minimum atomic E-state index is -0.906. The number of ether oxygens (including phenoxy) is 2. The Balaban J connectivity index is 1.22. The Morgan fingerprint density at radius 2 is 1.61 bits per heavy atom. The summed E-state index contributed by atoms with van der Waals surface area (Å²) in [4.78, 5) is 39.5. The summed E-state index contributed by atoms with van der Waals surface area (Å²) in [5.74, 6) is -1.97. The summed E-state index contributed by atoms with van der Waals surface area (Å²) < 4.78 is 11.2. The third kappa shape index (κ3) is 6.93. The summed E-state index contributed by atoms with van der Waals surface area (Å²) in [6.45, 7) is 1.25. The molecule has 0 saturated carbocycles. The Morgan fingerprint density at radius 3 is 2.24 bits per heavy atom. The first-order chi connectivity index (χ1) is 19.9. The minimum Gasteiger partial charge on any atom is -0.481 e. The minimum absolute atomic E-state index is 0.0946. The zero-order valence-corrected chi connectivity index (χ0v) is 23.0. The predicted molar refractivity (Wildman–Crippen MR) is 153 cm³/mol. The molecule has 1 saturated heterocycles. The number of carboxylic acids is 1. The molecule has 2 aliphatic rings. The van der Waals surface area contributed by atoms with Crippen LogP contribution in [0.25, 0.3) is 11.1 Å². The van der Waals surface area contributed by atoms with Gasteiger partial charge in [-0.1, -0.05) is 78.9 Å². The van der Waals surface area contributed by atoms with Gasteiger partial charge in [-0.25, -0.2) is 4.79 Å². The highest BCUT2D eigenvalue weighted by molar-refractivity contribution is 5.86. The van der Waals surface area contributed by atoms with Gasteiger partial charge in [-0.15, -0.1) is 0 Å². The van der Waals surface area contributed by atoms with Crippen LogP contribution in [0.4, 0.5) is 4.79 Å². The average Bonchev–Trinajstić information content (AvgIpc) is 3.58. The van der Waals surface area contributed by atoms with Gasteiger partial charge in [0, 0.05) is 25.6 Å². The van der Waals surface area contributed by atoms with Gasteiger partial charge in [0.2, 0.25) is 5.91 Å². The van der Waals surface area contributed by atoms with Gasteiger partial charge < -0.3 is 25.2 Å². The molecule has 9 heteroatoms. The number of rotatable bonds is 11. The van der Waals surface area contributed by atoms with Crippen molar-refractivity contribution in [2.75, 3.05) is 33.4 Å². The molecular formula is C32H35N3O6. The number of nitrogens with zero attached hydrogens (tertiary/aromatic N) is 1. The molecule has 2 amide bonds. The molecule has 1 heterocycles. The normalized spacial score (nSPS) is 18.4. The van der Waals surface area contributed by atoms with E-state index in [0.717, 1.165) is 27.8 Å². The van der Waals surface area contributed by atoms with E-state index in [4.69, 9.17) is 9.47 Å². The van der Waals surface area contributed by atoms with Crippen molar-refractivity contribution < 1.29 is 29.0 Å². The Kier molecular flexibility index (Phi) is 8.96. The summed E-state index contributed by atoms with van der Waals surface area (Å²) in [6.07, 6.45) is -0.742. The second kappa shape index (κ2) is 13.0. The summed E-state index contributed by atoms with van der Waals surface area (Å²) >= 11 is 0. The van der Waals surface area contributed by atoms with Gasteiger partial charge in [0.25, 0.3) is 0 Å². The van der Waals surface area contributed by atoms with Crippen LogP contribution >= 0.6 is 0 Å². The highest BCUT2D eigenvalue weighted by Crippen LogP contribution is 2.44. The van der Waals surface area contributed by atoms with E-state index in [9.17, 15) is 19.5 Å². The maximum Gasteiger partial charge on any atom is 0.407 e. The second-order valence-electron chi connectivity index (χ2n) is 10.7. The van der Waals surface area contributed by atoms with Gasteiger partial charge >= 0.3 is 12.1 Å². The fourth-order valence-corrected chi connectivity index (χ4v) is 5.61. The number of hydrogen-bond acceptors (Lipinski definition) is 6. The smallest absolute Gasteiger partial charge is 0.407 e. The Morgan fingerprint density at radius 1 is 0.976 bits per heavy atom. The first kappa shape index (κ1) is 28.3. The number of nitrogens with one attached hydrogen (secondary N) is 2. The standard InChI is InChI=1S/C32H35N3O6/c1-35(17-21-9-3-2-4-10-21)18-29(30(36)33-16-23-15-22(19-40-23)31(37)38)34-32(39)41-20-28-26-13-7-5-11-24(26)25-12-6-8-14-27(25)28/h2-14,22-23,28-29H,15-20H2,1H3,(H,33,36)(H,34,39)(H,37,38)/t22-,23-,29?/m1/s1. The monoisotopic (exact) mass is 557 g/mol. The van der Waals surface area contributed by atoms with Crippen molar-refractivity contribution >= 4 is 18.0 Å². The van der Waals surface area contributed by atoms with Gasteiger partial charge in [0.15, 0.2) is 0 Å². The van der Waals surface area contributed by atoms with Crippen molar-refractivity contribution in [3.8, 4) is 11.1 Å². The lowest BCUT2D eigenvalue weighted by molar-refractivity contribution is -0.141. The molecule has 5 rings (SSSR count). The summed E-state index contributed by atoms with van der Waals surface area (Å²) in [5, 5.41) is 14.8. The van der Waals surface area contributed by atoms with Crippen LogP contribution in [0.5, 0.6) is 0 Å². The van der Waals surface area contributed by atoms with Crippen molar-refractivity contribution in [3.63, 3.8) is 0 Å². The summed E-state index contributed by atoms with van der Waals surface area (Å²) in [7, 11) is 1.88. The third-order valence-electron chi connectivity index (χ3n) is 7.68. The molecule has 0 aromatic heterocycles. The molecule has 0 spiro atoms. The molecule has 41 heavy (non-hydrogen) atoms. The molecular weight excluding hydrogens is 522 g/mol. The quantitative estimate of drug-likeness (QED) is 0.330. The Hall–Kier alpha value is -4.21. The summed E-state index contributed by atoms with van der Waals surface area (Å²) in [5.41, 5.74) is 5.56. The van der Waals surface area contributed by atoms with Crippen molar-refractivity contribution in [3.05, 3.63) is 95.6 Å². The molecule has 0 bridgehead atoms. The van der Waals surface area contributed by atoms with Crippen molar-refractivity contribution in [2.24, 2.45) is 5.92 Å². The van der Waals surface area contributed by atoms with Gasteiger partial charge in [-0.3, -0.25) is 14.5 Å². The number of fused-ring (bicyclic) bond motifs is 3. The first-order valence-corrected chi connectivity index (χ1v) is 13.8. The molecule has 214 valence electrons. The number of alkyl carbamates (subject to hydrolysis) is 1. The summed E-state index contributed by atoms with van der Waals surface area (Å²) in [6, 6.07) is 25.2. The fourth-order valence-electron chi connectivity index (χ4n) is 5.61. The van der Waals surface area contributed by atoms with Crippen molar-refractivity contribution in [2.45, 2.75) is 31.0 Å². The molecule has 1 aliphatic heterocycles. The fraction of sp³-hybridized carbons (Fsp3) is 0.344. The molecule has 1 unspecified atom stereocenters. The van der Waals surface area contributed by atoms with Crippen LogP contribution in [0.3, 0.4) is 0 Å². The lowest BCUT2D eigenvalue weighted by atomic mass is 9.98. The van der Waals surface area contributed by atoms with E-state index in [2.05, 4.69) is 34.9 Å². The van der Waals surface area contributed by atoms with E-state index in [-0.39, 0.29) is 38.1 Å². The topological polar surface area (TPSA) is 117 Å². The maximum absolute atomic E-state index is 13.2. The number of carbonyl (C=O) groups is 3. The lowest BCUT2D eigenvalue weighted by Crippen LogP contribution is -2.53. The van der Waals surface area contributed by atoms with Crippen LogP contribution in [-0.2, 0) is 25.6 Å². The number of carbonyl (C=O) groups excluding carboxylic acids is 2. The Bertz CT molecular complexity index is 1340. The number of benzene rings is 3. The van der Waals surface area contributed by atoms with Crippen molar-refractivity contribution in [1.82, 2.24) is 15.5 Å². The van der Waals surface area contributed by atoms with Gasteiger partial charge in [-0.2, -0.15) is 0 Å². The van der Waals surface area contributed by atoms with Crippen LogP contribution in [0, 0.1) is 5.92 Å². The van der Waals surface area contributed by atoms with Crippen LogP contribution in [0.1, 0.15) is 29.0 Å². The zero-order chi connectivity index (χ0) is 28.8. The SMILES string of the molecule is CN(Cc1ccccc1)CC(NC(=O)OCC1c2ccccc2-c2ccccc21)C(=O)NC[C@H]1C[C@@H](C(=O)O)CO1. The molecule has 9 nitrogen and oxygen atoms in total. The molecule has 1 fully saturated rings. The van der Waals surface area contributed by atoms with Gasteiger partial charge in [0.05, 0.1) is 18.6 Å². The number of hydrogen-bond donors (Lipinski definition) is 3. The molecule has 1 aliphatic carbocycles. The van der Waals surface area contributed by atoms with E-state index in [1.54, 1.807) is 0 Å². The first-order valence-electron chi connectivity index (χ1n) is 13.8. The average molecular weight is 558 g/mol.